The second-order valence-electron chi connectivity index (χ2n) is 4.61. The van der Waals surface area contributed by atoms with Gasteiger partial charge < -0.3 is 4.90 Å². The predicted octanol–water partition coefficient (Wildman–Crippen LogP) is 3.59. The monoisotopic (exact) mass is 256 g/mol. The summed E-state index contributed by atoms with van der Waals surface area (Å²) < 4.78 is 13.1. The fraction of sp³-hybridized carbons (Fsp3) is 0.615. The maximum atomic E-state index is 13.1. The van der Waals surface area contributed by atoms with Gasteiger partial charge in [0.1, 0.15) is 11.6 Å². The highest BCUT2D eigenvalue weighted by Gasteiger charge is 2.22. The van der Waals surface area contributed by atoms with Crippen LogP contribution in [0, 0.1) is 11.7 Å². The maximum Gasteiger partial charge on any atom is 0.141 e. The van der Waals surface area contributed by atoms with Crippen LogP contribution in [0.15, 0.2) is 12.3 Å². The SMILES string of the molecule is CCN(CC1CCC1)c1ncc(F)cc1CCl. The number of rotatable bonds is 5. The fourth-order valence-corrected chi connectivity index (χ4v) is 2.41. The third kappa shape index (κ3) is 2.89. The lowest BCUT2D eigenvalue weighted by Crippen LogP contribution is -2.33. The Kier molecular flexibility index (Phi) is 4.21. The lowest BCUT2D eigenvalue weighted by Gasteiger charge is -2.33. The molecule has 1 saturated carbocycles. The van der Waals surface area contributed by atoms with Crippen molar-refractivity contribution >= 4 is 17.4 Å². The van der Waals surface area contributed by atoms with Crippen molar-refractivity contribution in [3.8, 4) is 0 Å². The summed E-state index contributed by atoms with van der Waals surface area (Å²) in [6.07, 6.45) is 5.21. The molecule has 1 aromatic heterocycles. The van der Waals surface area contributed by atoms with Crippen LogP contribution in [0.25, 0.3) is 0 Å². The van der Waals surface area contributed by atoms with Crippen LogP contribution in [-0.2, 0) is 5.88 Å². The Morgan fingerprint density at radius 1 is 1.53 bits per heavy atom. The highest BCUT2D eigenvalue weighted by atomic mass is 35.5. The zero-order valence-electron chi connectivity index (χ0n) is 10.1. The molecule has 4 heteroatoms. The quantitative estimate of drug-likeness (QED) is 0.749. The van der Waals surface area contributed by atoms with E-state index in [-0.39, 0.29) is 5.82 Å². The zero-order chi connectivity index (χ0) is 12.3. The van der Waals surface area contributed by atoms with E-state index in [0.717, 1.165) is 30.4 Å². The van der Waals surface area contributed by atoms with Crippen LogP contribution in [0.4, 0.5) is 10.2 Å². The van der Waals surface area contributed by atoms with Gasteiger partial charge in [0.2, 0.25) is 0 Å². The summed E-state index contributed by atoms with van der Waals surface area (Å²) in [6.45, 7) is 4.00. The molecule has 0 bridgehead atoms. The van der Waals surface area contributed by atoms with Crippen molar-refractivity contribution in [3.05, 3.63) is 23.6 Å². The number of anilines is 1. The van der Waals surface area contributed by atoms with Crippen LogP contribution in [-0.4, -0.2) is 18.1 Å². The van der Waals surface area contributed by atoms with Gasteiger partial charge in [-0.1, -0.05) is 6.42 Å². The topological polar surface area (TPSA) is 16.1 Å². The van der Waals surface area contributed by atoms with E-state index in [2.05, 4.69) is 16.8 Å². The van der Waals surface area contributed by atoms with Gasteiger partial charge in [0.05, 0.1) is 12.1 Å². The maximum absolute atomic E-state index is 13.1. The molecule has 0 saturated heterocycles. The van der Waals surface area contributed by atoms with Crippen molar-refractivity contribution in [2.24, 2.45) is 5.92 Å². The number of alkyl halides is 1. The summed E-state index contributed by atoms with van der Waals surface area (Å²) in [5, 5.41) is 0. The normalized spacial score (nSPS) is 15.7. The first-order valence-electron chi connectivity index (χ1n) is 6.20. The standard InChI is InChI=1S/C13H18ClFN2/c1-2-17(9-10-4-3-5-10)13-11(7-14)6-12(15)8-16-13/h6,8,10H,2-5,7,9H2,1H3. The van der Waals surface area contributed by atoms with Gasteiger partial charge in [-0.05, 0) is 31.7 Å². The summed E-state index contributed by atoms with van der Waals surface area (Å²) in [5.74, 6) is 1.60. The molecule has 1 aliphatic carbocycles. The Balaban J connectivity index is 2.16. The smallest absolute Gasteiger partial charge is 0.141 e. The van der Waals surface area contributed by atoms with Gasteiger partial charge in [0.15, 0.2) is 0 Å². The molecule has 1 fully saturated rings. The van der Waals surface area contributed by atoms with Crippen molar-refractivity contribution in [1.29, 1.82) is 0 Å². The Morgan fingerprint density at radius 2 is 2.29 bits per heavy atom. The number of hydrogen-bond donors (Lipinski definition) is 0. The lowest BCUT2D eigenvalue weighted by molar-refractivity contribution is 0.318. The summed E-state index contributed by atoms with van der Waals surface area (Å²) in [6, 6.07) is 1.48. The molecule has 0 radical (unpaired) electrons. The van der Waals surface area contributed by atoms with E-state index in [4.69, 9.17) is 11.6 Å². The third-order valence-electron chi connectivity index (χ3n) is 3.44. The minimum Gasteiger partial charge on any atom is -0.356 e. The van der Waals surface area contributed by atoms with E-state index in [0.29, 0.717) is 5.88 Å². The molecule has 0 aliphatic heterocycles. The van der Waals surface area contributed by atoms with Crippen molar-refractivity contribution in [3.63, 3.8) is 0 Å². The molecular weight excluding hydrogens is 239 g/mol. The van der Waals surface area contributed by atoms with Gasteiger partial charge in [0.25, 0.3) is 0 Å². The molecule has 17 heavy (non-hydrogen) atoms. The Labute approximate surface area is 107 Å². The highest BCUT2D eigenvalue weighted by molar-refractivity contribution is 6.17. The van der Waals surface area contributed by atoms with E-state index in [1.165, 1.54) is 31.5 Å². The molecule has 94 valence electrons. The van der Waals surface area contributed by atoms with Crippen LogP contribution >= 0.6 is 11.6 Å². The molecule has 2 nitrogen and oxygen atoms in total. The van der Waals surface area contributed by atoms with Crippen LogP contribution in [0.3, 0.4) is 0 Å². The summed E-state index contributed by atoms with van der Waals surface area (Å²) in [7, 11) is 0. The first kappa shape index (κ1) is 12.6. The number of pyridine rings is 1. The molecule has 0 amide bonds. The second kappa shape index (κ2) is 5.67. The molecule has 1 aromatic rings. The molecule has 0 unspecified atom stereocenters. The average Bonchev–Trinajstić information content (AvgIpc) is 2.29. The Morgan fingerprint density at radius 3 is 2.82 bits per heavy atom. The Hall–Kier alpha value is -0.830. The van der Waals surface area contributed by atoms with Crippen molar-refractivity contribution < 1.29 is 4.39 Å². The summed E-state index contributed by atoms with van der Waals surface area (Å²) in [5.41, 5.74) is 0.785. The second-order valence-corrected chi connectivity index (χ2v) is 4.87. The lowest BCUT2D eigenvalue weighted by atomic mass is 9.85. The number of nitrogens with zero attached hydrogens (tertiary/aromatic N) is 2. The third-order valence-corrected chi connectivity index (χ3v) is 3.73. The first-order chi connectivity index (χ1) is 8.24. The van der Waals surface area contributed by atoms with Gasteiger partial charge in [-0.3, -0.25) is 0 Å². The molecule has 0 aromatic carbocycles. The number of halogens is 2. The van der Waals surface area contributed by atoms with Gasteiger partial charge in [0, 0.05) is 18.7 Å². The molecule has 0 atom stereocenters. The molecule has 0 N–H and O–H groups in total. The number of aromatic nitrogens is 1. The average molecular weight is 257 g/mol. The zero-order valence-corrected chi connectivity index (χ0v) is 10.9. The van der Waals surface area contributed by atoms with Crippen LogP contribution in [0.5, 0.6) is 0 Å². The highest BCUT2D eigenvalue weighted by Crippen LogP contribution is 2.29. The minimum atomic E-state index is -0.316. The van der Waals surface area contributed by atoms with Crippen molar-refractivity contribution in [2.45, 2.75) is 32.1 Å². The molecule has 1 aliphatic rings. The Bertz CT molecular complexity index is 380. The van der Waals surface area contributed by atoms with E-state index in [1.807, 2.05) is 0 Å². The molecule has 2 rings (SSSR count). The van der Waals surface area contributed by atoms with Crippen LogP contribution in [0.1, 0.15) is 31.7 Å². The number of hydrogen-bond acceptors (Lipinski definition) is 2. The summed E-state index contributed by atoms with van der Waals surface area (Å²) in [4.78, 5) is 6.41. The van der Waals surface area contributed by atoms with Gasteiger partial charge in [-0.2, -0.15) is 0 Å². The first-order valence-corrected chi connectivity index (χ1v) is 6.73. The van der Waals surface area contributed by atoms with E-state index < -0.39 is 0 Å². The van der Waals surface area contributed by atoms with Crippen LogP contribution < -0.4 is 4.90 Å². The predicted molar refractivity (Wildman–Crippen MR) is 69.0 cm³/mol. The van der Waals surface area contributed by atoms with Crippen LogP contribution in [0.2, 0.25) is 0 Å². The van der Waals surface area contributed by atoms with E-state index in [1.54, 1.807) is 0 Å². The molecule has 0 spiro atoms. The summed E-state index contributed by atoms with van der Waals surface area (Å²) >= 11 is 5.86. The van der Waals surface area contributed by atoms with Gasteiger partial charge in [-0.15, -0.1) is 11.6 Å². The molecule has 1 heterocycles. The fourth-order valence-electron chi connectivity index (χ4n) is 2.21. The minimum absolute atomic E-state index is 0.307. The van der Waals surface area contributed by atoms with Gasteiger partial charge >= 0.3 is 0 Å². The van der Waals surface area contributed by atoms with Crippen molar-refractivity contribution in [1.82, 2.24) is 4.98 Å². The van der Waals surface area contributed by atoms with E-state index >= 15 is 0 Å². The molecular formula is C13H18ClFN2. The van der Waals surface area contributed by atoms with Crippen molar-refractivity contribution in [2.75, 3.05) is 18.0 Å². The van der Waals surface area contributed by atoms with E-state index in [9.17, 15) is 4.39 Å². The van der Waals surface area contributed by atoms with Gasteiger partial charge in [-0.25, -0.2) is 9.37 Å². The largest absolute Gasteiger partial charge is 0.356 e.